The van der Waals surface area contributed by atoms with Gasteiger partial charge in [0.1, 0.15) is 0 Å². The lowest BCUT2D eigenvalue weighted by Gasteiger charge is -2.48. The summed E-state index contributed by atoms with van der Waals surface area (Å²) < 4.78 is 10.8. The van der Waals surface area contributed by atoms with Gasteiger partial charge in [-0.1, -0.05) is 31.4 Å². The van der Waals surface area contributed by atoms with E-state index < -0.39 is 5.97 Å². The number of nitrogens with zero attached hydrogens (tertiary/aromatic N) is 1. The van der Waals surface area contributed by atoms with Gasteiger partial charge in [0.05, 0.1) is 23.7 Å². The summed E-state index contributed by atoms with van der Waals surface area (Å²) in [5.74, 6) is -1.16. The van der Waals surface area contributed by atoms with Crippen LogP contribution in [0.5, 0.6) is 0 Å². The Morgan fingerprint density at radius 2 is 1.85 bits per heavy atom. The van der Waals surface area contributed by atoms with Gasteiger partial charge in [-0.15, -0.1) is 11.3 Å². The molecule has 182 valence electrons. The van der Waals surface area contributed by atoms with Crippen LogP contribution in [0.25, 0.3) is 0 Å². The molecular formula is C25H31N3O5S. The van der Waals surface area contributed by atoms with Crippen LogP contribution in [0.4, 0.5) is 5.69 Å². The van der Waals surface area contributed by atoms with Crippen molar-refractivity contribution in [1.29, 1.82) is 0 Å². The number of benzene rings is 1. The molecular weight excluding hydrogens is 454 g/mol. The Balaban J connectivity index is 1.28. The molecule has 1 aromatic carbocycles. The third-order valence-electron chi connectivity index (χ3n) is 6.52. The lowest BCUT2D eigenvalue weighted by Crippen LogP contribution is -2.59. The summed E-state index contributed by atoms with van der Waals surface area (Å²) in [5, 5.41) is 7.59. The minimum absolute atomic E-state index is 0.0448. The van der Waals surface area contributed by atoms with Crippen molar-refractivity contribution >= 4 is 34.8 Å². The second-order valence-electron chi connectivity index (χ2n) is 8.75. The van der Waals surface area contributed by atoms with Crippen molar-refractivity contribution in [3.8, 4) is 0 Å². The molecule has 2 heterocycles. The number of nitrogens with one attached hydrogen (secondary N) is 2. The molecule has 0 atom stereocenters. The highest BCUT2D eigenvalue weighted by molar-refractivity contribution is 7.12. The second kappa shape index (κ2) is 11.6. The van der Waals surface area contributed by atoms with Crippen molar-refractivity contribution in [3.05, 3.63) is 52.2 Å². The smallest absolute Gasteiger partial charge is 0.338 e. The number of anilines is 1. The van der Waals surface area contributed by atoms with Gasteiger partial charge in [-0.25, -0.2) is 4.79 Å². The van der Waals surface area contributed by atoms with Gasteiger partial charge in [0.15, 0.2) is 6.61 Å². The SMILES string of the molecule is O=C(COC(=O)c1cccc(NC(=O)c2cccs2)c1)NCC1(N2CCOCC2)CCCCC1. The molecule has 0 bridgehead atoms. The maximum absolute atomic E-state index is 12.5. The van der Waals surface area contributed by atoms with Crippen LogP contribution in [-0.2, 0) is 14.3 Å². The van der Waals surface area contributed by atoms with Gasteiger partial charge in [0.2, 0.25) is 0 Å². The number of hydrogen-bond acceptors (Lipinski definition) is 7. The number of carbonyl (C=O) groups is 3. The van der Waals surface area contributed by atoms with E-state index in [1.165, 1.54) is 17.8 Å². The molecule has 1 saturated heterocycles. The van der Waals surface area contributed by atoms with Crippen molar-refractivity contribution in [1.82, 2.24) is 10.2 Å². The largest absolute Gasteiger partial charge is 0.452 e. The predicted molar refractivity (Wildman–Crippen MR) is 130 cm³/mol. The minimum atomic E-state index is -0.608. The van der Waals surface area contributed by atoms with Crippen LogP contribution < -0.4 is 10.6 Å². The van der Waals surface area contributed by atoms with Crippen LogP contribution in [0.2, 0.25) is 0 Å². The van der Waals surface area contributed by atoms with Gasteiger partial charge in [0.25, 0.3) is 11.8 Å². The van der Waals surface area contributed by atoms with E-state index in [1.54, 1.807) is 36.4 Å². The molecule has 9 heteroatoms. The first-order chi connectivity index (χ1) is 16.6. The van der Waals surface area contributed by atoms with Gasteiger partial charge < -0.3 is 20.1 Å². The first-order valence-corrected chi connectivity index (χ1v) is 12.7. The van der Waals surface area contributed by atoms with E-state index in [4.69, 9.17) is 9.47 Å². The standard InChI is InChI=1S/C25H31N3O5S/c29-22(26-18-25(9-2-1-3-10-25)28-11-13-32-14-12-28)17-33-24(31)19-6-4-7-20(16-19)27-23(30)21-8-5-15-34-21/h4-8,15-16H,1-3,9-14,17-18H2,(H,26,29)(H,27,30). The van der Waals surface area contributed by atoms with Gasteiger partial charge in [0, 0.05) is 30.9 Å². The molecule has 34 heavy (non-hydrogen) atoms. The fourth-order valence-electron chi connectivity index (χ4n) is 4.71. The number of morpholine rings is 1. The van der Waals surface area contributed by atoms with Crippen LogP contribution in [0.3, 0.4) is 0 Å². The van der Waals surface area contributed by atoms with Gasteiger partial charge in [-0.2, -0.15) is 0 Å². The summed E-state index contributed by atoms with van der Waals surface area (Å²) in [6, 6.07) is 10.0. The molecule has 1 saturated carbocycles. The maximum atomic E-state index is 12.5. The second-order valence-corrected chi connectivity index (χ2v) is 9.70. The van der Waals surface area contributed by atoms with Crippen LogP contribution >= 0.6 is 11.3 Å². The first kappa shape index (κ1) is 24.4. The Morgan fingerprint density at radius 3 is 2.59 bits per heavy atom. The lowest BCUT2D eigenvalue weighted by atomic mass is 9.79. The van der Waals surface area contributed by atoms with Crippen molar-refractivity contribution in [3.63, 3.8) is 0 Å². The number of ether oxygens (including phenoxy) is 2. The molecule has 2 aromatic rings. The Morgan fingerprint density at radius 1 is 1.06 bits per heavy atom. The average molecular weight is 486 g/mol. The molecule has 0 radical (unpaired) electrons. The molecule has 0 unspecified atom stereocenters. The zero-order chi connectivity index (χ0) is 23.8. The van der Waals surface area contributed by atoms with E-state index in [0.717, 1.165) is 52.0 Å². The molecule has 4 rings (SSSR count). The van der Waals surface area contributed by atoms with Crippen molar-refractivity contribution < 1.29 is 23.9 Å². The third kappa shape index (κ3) is 6.22. The van der Waals surface area contributed by atoms with Gasteiger partial charge >= 0.3 is 5.97 Å². The van der Waals surface area contributed by atoms with Crippen molar-refractivity contribution in [2.45, 2.75) is 37.6 Å². The quantitative estimate of drug-likeness (QED) is 0.557. The van der Waals surface area contributed by atoms with Crippen LogP contribution in [0, 0.1) is 0 Å². The zero-order valence-corrected chi connectivity index (χ0v) is 20.0. The molecule has 2 fully saturated rings. The lowest BCUT2D eigenvalue weighted by molar-refractivity contribution is -0.125. The fourth-order valence-corrected chi connectivity index (χ4v) is 5.32. The molecule has 2 amide bonds. The third-order valence-corrected chi connectivity index (χ3v) is 7.38. The number of hydrogen-bond donors (Lipinski definition) is 2. The summed E-state index contributed by atoms with van der Waals surface area (Å²) in [7, 11) is 0. The maximum Gasteiger partial charge on any atom is 0.338 e. The van der Waals surface area contributed by atoms with E-state index in [2.05, 4.69) is 15.5 Å². The highest BCUT2D eigenvalue weighted by atomic mass is 32.1. The monoisotopic (exact) mass is 485 g/mol. The fraction of sp³-hybridized carbons (Fsp3) is 0.480. The highest BCUT2D eigenvalue weighted by Gasteiger charge is 2.38. The molecule has 0 spiro atoms. The van der Waals surface area contributed by atoms with E-state index in [9.17, 15) is 14.4 Å². The van der Waals surface area contributed by atoms with E-state index in [-0.39, 0.29) is 29.5 Å². The Hall–Kier alpha value is -2.75. The van der Waals surface area contributed by atoms with E-state index in [0.29, 0.717) is 17.1 Å². The van der Waals surface area contributed by atoms with Crippen molar-refractivity contribution in [2.75, 3.05) is 44.8 Å². The molecule has 1 aliphatic carbocycles. The molecule has 8 nitrogen and oxygen atoms in total. The summed E-state index contributed by atoms with van der Waals surface area (Å²) >= 11 is 1.34. The topological polar surface area (TPSA) is 97.0 Å². The van der Waals surface area contributed by atoms with Gasteiger partial charge in [-0.05, 0) is 42.5 Å². The number of thiophene rings is 1. The van der Waals surface area contributed by atoms with E-state index in [1.807, 2.05) is 5.38 Å². The normalized spacial score (nSPS) is 18.1. The van der Waals surface area contributed by atoms with Crippen LogP contribution in [-0.4, -0.2) is 67.7 Å². The average Bonchev–Trinajstić information content (AvgIpc) is 3.43. The minimum Gasteiger partial charge on any atom is -0.452 e. The number of esters is 1. The van der Waals surface area contributed by atoms with Crippen LogP contribution in [0.15, 0.2) is 41.8 Å². The Bertz CT molecular complexity index is 982. The van der Waals surface area contributed by atoms with Gasteiger partial charge in [-0.3, -0.25) is 14.5 Å². The summed E-state index contributed by atoms with van der Waals surface area (Å²) in [4.78, 5) is 40.3. The Kier molecular flexibility index (Phi) is 8.31. The first-order valence-electron chi connectivity index (χ1n) is 11.8. The van der Waals surface area contributed by atoms with Crippen molar-refractivity contribution in [2.24, 2.45) is 0 Å². The van der Waals surface area contributed by atoms with E-state index >= 15 is 0 Å². The molecule has 2 N–H and O–H groups in total. The summed E-state index contributed by atoms with van der Waals surface area (Å²) in [5.41, 5.74) is 0.715. The predicted octanol–water partition coefficient (Wildman–Crippen LogP) is 3.31. The zero-order valence-electron chi connectivity index (χ0n) is 19.2. The Labute approximate surface area is 203 Å². The number of rotatable bonds is 8. The number of carbonyl (C=O) groups excluding carboxylic acids is 3. The molecule has 1 aliphatic heterocycles. The molecule has 1 aromatic heterocycles. The summed E-state index contributed by atoms with van der Waals surface area (Å²) in [6.07, 6.45) is 5.64. The summed E-state index contributed by atoms with van der Waals surface area (Å²) in [6.45, 7) is 3.41. The van der Waals surface area contributed by atoms with Crippen LogP contribution in [0.1, 0.15) is 52.1 Å². The molecule has 2 aliphatic rings. The highest BCUT2D eigenvalue weighted by Crippen LogP contribution is 2.33. The number of amides is 2.